The van der Waals surface area contributed by atoms with Crippen molar-refractivity contribution >= 4 is 18.0 Å². The molecule has 25 heavy (non-hydrogen) atoms. The third-order valence-corrected chi connectivity index (χ3v) is 4.83. The molecule has 1 amide bonds. The molecule has 3 rings (SSSR count). The maximum absolute atomic E-state index is 12.8. The van der Waals surface area contributed by atoms with Crippen LogP contribution in [0.15, 0.2) is 36.4 Å². The van der Waals surface area contributed by atoms with Gasteiger partial charge in [-0.15, -0.1) is 0 Å². The average Bonchev–Trinajstić information content (AvgIpc) is 3.05. The number of esters is 1. The van der Waals surface area contributed by atoms with Crippen molar-refractivity contribution in [3.8, 4) is 0 Å². The summed E-state index contributed by atoms with van der Waals surface area (Å²) >= 11 is 0. The van der Waals surface area contributed by atoms with E-state index in [-0.39, 0.29) is 17.9 Å². The molecule has 5 nitrogen and oxygen atoms in total. The summed E-state index contributed by atoms with van der Waals surface area (Å²) in [7, 11) is 0. The van der Waals surface area contributed by atoms with Crippen LogP contribution in [0.25, 0.3) is 6.08 Å². The van der Waals surface area contributed by atoms with Gasteiger partial charge in [0.15, 0.2) is 0 Å². The average molecular weight is 342 g/mol. The second kappa shape index (κ2) is 8.81. The molecular weight excluding hydrogens is 316 g/mol. The Balaban J connectivity index is 1.67. The van der Waals surface area contributed by atoms with Crippen molar-refractivity contribution in [1.29, 1.82) is 0 Å². The van der Waals surface area contributed by atoms with Crippen molar-refractivity contribution in [2.45, 2.75) is 56.7 Å². The van der Waals surface area contributed by atoms with Crippen molar-refractivity contribution in [2.75, 3.05) is 6.61 Å². The molecule has 2 aliphatic rings. The van der Waals surface area contributed by atoms with E-state index in [9.17, 15) is 9.59 Å². The SMILES string of the molecule is O=C(NC1CCCCC1)[C@H](/C=C/c1ccccc1)N[C@H]1CCOC1=O. The van der Waals surface area contributed by atoms with Crippen LogP contribution in [0.1, 0.15) is 44.1 Å². The molecule has 0 unspecified atom stereocenters. The van der Waals surface area contributed by atoms with Gasteiger partial charge in [-0.1, -0.05) is 61.7 Å². The topological polar surface area (TPSA) is 67.4 Å². The molecule has 1 heterocycles. The Morgan fingerprint density at radius 1 is 1.12 bits per heavy atom. The Hall–Kier alpha value is -2.14. The lowest BCUT2D eigenvalue weighted by Gasteiger charge is -2.25. The highest BCUT2D eigenvalue weighted by atomic mass is 16.5. The number of ether oxygens (including phenoxy) is 1. The summed E-state index contributed by atoms with van der Waals surface area (Å²) in [5.41, 5.74) is 1.02. The molecule has 134 valence electrons. The molecular formula is C20H26N2O3. The van der Waals surface area contributed by atoms with Crippen LogP contribution in [0.3, 0.4) is 0 Å². The van der Waals surface area contributed by atoms with Gasteiger partial charge in [0.1, 0.15) is 12.1 Å². The molecule has 2 atom stereocenters. The largest absolute Gasteiger partial charge is 0.464 e. The fourth-order valence-electron chi connectivity index (χ4n) is 3.39. The zero-order chi connectivity index (χ0) is 17.5. The first kappa shape index (κ1) is 17.7. The number of carbonyl (C=O) groups excluding carboxylic acids is 2. The number of rotatable bonds is 6. The number of hydrogen-bond acceptors (Lipinski definition) is 4. The fourth-order valence-corrected chi connectivity index (χ4v) is 3.39. The minimum absolute atomic E-state index is 0.0706. The second-order valence-electron chi connectivity index (χ2n) is 6.77. The van der Waals surface area contributed by atoms with Gasteiger partial charge < -0.3 is 10.1 Å². The first-order valence-corrected chi connectivity index (χ1v) is 9.19. The van der Waals surface area contributed by atoms with Gasteiger partial charge in [-0.25, -0.2) is 0 Å². The van der Waals surface area contributed by atoms with Gasteiger partial charge in [0.05, 0.1) is 6.61 Å². The van der Waals surface area contributed by atoms with Crippen molar-refractivity contribution in [3.05, 3.63) is 42.0 Å². The summed E-state index contributed by atoms with van der Waals surface area (Å²) < 4.78 is 5.00. The van der Waals surface area contributed by atoms with E-state index in [4.69, 9.17) is 4.74 Å². The van der Waals surface area contributed by atoms with Crippen LogP contribution in [0.4, 0.5) is 0 Å². The number of hydrogen-bond donors (Lipinski definition) is 2. The Morgan fingerprint density at radius 3 is 2.56 bits per heavy atom. The van der Waals surface area contributed by atoms with E-state index in [0.29, 0.717) is 13.0 Å². The number of cyclic esters (lactones) is 1. The van der Waals surface area contributed by atoms with Crippen molar-refractivity contribution < 1.29 is 14.3 Å². The standard InChI is InChI=1S/C20H26N2O3/c23-19(21-16-9-5-2-6-10-16)17(22-18-13-14-25-20(18)24)12-11-15-7-3-1-4-8-15/h1,3-4,7-8,11-12,16-18,22H,2,5-6,9-10,13-14H2,(H,21,23)/b12-11+/t17-,18-/m0/s1. The first-order valence-electron chi connectivity index (χ1n) is 9.19. The molecule has 1 saturated carbocycles. The normalized spacial score (nSPS) is 22.7. The zero-order valence-corrected chi connectivity index (χ0v) is 14.4. The second-order valence-corrected chi connectivity index (χ2v) is 6.77. The Labute approximate surface area is 148 Å². The molecule has 0 bridgehead atoms. The van der Waals surface area contributed by atoms with Gasteiger partial charge in [0.2, 0.25) is 5.91 Å². The predicted molar refractivity (Wildman–Crippen MR) is 96.8 cm³/mol. The highest BCUT2D eigenvalue weighted by Crippen LogP contribution is 2.18. The van der Waals surface area contributed by atoms with E-state index in [1.54, 1.807) is 0 Å². The maximum atomic E-state index is 12.8. The van der Waals surface area contributed by atoms with Crippen molar-refractivity contribution in [3.63, 3.8) is 0 Å². The Bertz CT molecular complexity index is 609. The Kier molecular flexibility index (Phi) is 6.23. The molecule has 1 aliphatic carbocycles. The summed E-state index contributed by atoms with van der Waals surface area (Å²) in [4.78, 5) is 24.5. The lowest BCUT2D eigenvalue weighted by Crippen LogP contribution is -2.51. The van der Waals surface area contributed by atoms with Crippen molar-refractivity contribution in [1.82, 2.24) is 10.6 Å². The molecule has 5 heteroatoms. The molecule has 0 aromatic heterocycles. The number of carbonyl (C=O) groups is 2. The van der Waals surface area contributed by atoms with Crippen LogP contribution in [0, 0.1) is 0 Å². The summed E-state index contributed by atoms with van der Waals surface area (Å²) in [6.07, 6.45) is 9.99. The third kappa shape index (κ3) is 5.16. The van der Waals surface area contributed by atoms with Gasteiger partial charge in [-0.2, -0.15) is 0 Å². The third-order valence-electron chi connectivity index (χ3n) is 4.83. The van der Waals surface area contributed by atoms with Crippen LogP contribution < -0.4 is 10.6 Å². The number of amides is 1. The lowest BCUT2D eigenvalue weighted by molar-refractivity contribution is -0.139. The summed E-state index contributed by atoms with van der Waals surface area (Å²) in [6.45, 7) is 0.413. The predicted octanol–water partition coefficient (Wildman–Crippen LogP) is 2.42. The molecule has 2 N–H and O–H groups in total. The lowest BCUT2D eigenvalue weighted by atomic mass is 9.95. The summed E-state index contributed by atoms with van der Waals surface area (Å²) in [6, 6.07) is 9.12. The first-order chi connectivity index (χ1) is 12.2. The van der Waals surface area contributed by atoms with Gasteiger partial charge in [0, 0.05) is 12.5 Å². The fraction of sp³-hybridized carbons (Fsp3) is 0.500. The zero-order valence-electron chi connectivity index (χ0n) is 14.4. The van der Waals surface area contributed by atoms with E-state index in [1.165, 1.54) is 6.42 Å². The minimum atomic E-state index is -0.544. The van der Waals surface area contributed by atoms with E-state index in [2.05, 4.69) is 10.6 Å². The molecule has 1 aromatic carbocycles. The van der Waals surface area contributed by atoms with E-state index in [1.807, 2.05) is 42.5 Å². The molecule has 0 radical (unpaired) electrons. The quantitative estimate of drug-likeness (QED) is 0.779. The van der Waals surface area contributed by atoms with Crippen LogP contribution in [-0.2, 0) is 14.3 Å². The minimum Gasteiger partial charge on any atom is -0.464 e. The molecule has 1 aromatic rings. The van der Waals surface area contributed by atoms with E-state index >= 15 is 0 Å². The highest BCUT2D eigenvalue weighted by Gasteiger charge is 2.31. The van der Waals surface area contributed by atoms with Crippen LogP contribution in [0.5, 0.6) is 0 Å². The van der Waals surface area contributed by atoms with Crippen LogP contribution in [-0.4, -0.2) is 36.6 Å². The van der Waals surface area contributed by atoms with Gasteiger partial charge in [-0.3, -0.25) is 14.9 Å². The van der Waals surface area contributed by atoms with Crippen LogP contribution in [0.2, 0.25) is 0 Å². The molecule has 2 fully saturated rings. The molecule has 1 saturated heterocycles. The summed E-state index contributed by atoms with van der Waals surface area (Å²) in [5, 5.41) is 6.29. The van der Waals surface area contributed by atoms with Gasteiger partial charge in [0.25, 0.3) is 0 Å². The van der Waals surface area contributed by atoms with Gasteiger partial charge >= 0.3 is 5.97 Å². The maximum Gasteiger partial charge on any atom is 0.323 e. The van der Waals surface area contributed by atoms with E-state index < -0.39 is 12.1 Å². The van der Waals surface area contributed by atoms with Gasteiger partial charge in [-0.05, 0) is 18.4 Å². The Morgan fingerprint density at radius 2 is 1.88 bits per heavy atom. The molecule has 0 spiro atoms. The number of benzene rings is 1. The molecule has 1 aliphatic heterocycles. The van der Waals surface area contributed by atoms with Crippen LogP contribution >= 0.6 is 0 Å². The smallest absolute Gasteiger partial charge is 0.323 e. The highest BCUT2D eigenvalue weighted by molar-refractivity contribution is 5.86. The monoisotopic (exact) mass is 342 g/mol. The van der Waals surface area contributed by atoms with Crippen molar-refractivity contribution in [2.24, 2.45) is 0 Å². The van der Waals surface area contributed by atoms with E-state index in [0.717, 1.165) is 31.2 Å². The number of nitrogens with one attached hydrogen (secondary N) is 2. The summed E-state index contributed by atoms with van der Waals surface area (Å²) in [5.74, 6) is -0.345.